The molecular weight excluding hydrogens is 258 g/mol. The lowest BCUT2D eigenvalue weighted by atomic mass is 10.1. The van der Waals surface area contributed by atoms with E-state index in [2.05, 4.69) is 26.2 Å². The van der Waals surface area contributed by atoms with Gasteiger partial charge in [-0.1, -0.05) is 13.8 Å². The van der Waals surface area contributed by atoms with Crippen LogP contribution in [0.1, 0.15) is 13.8 Å². The fourth-order valence-corrected chi connectivity index (χ4v) is 1.53. The quantitative estimate of drug-likeness (QED) is 0.783. The number of pyridine rings is 1. The van der Waals surface area contributed by atoms with Gasteiger partial charge in [-0.2, -0.15) is 0 Å². The number of nitrogens with zero attached hydrogens (tertiary/aromatic N) is 1. The van der Waals surface area contributed by atoms with Crippen molar-refractivity contribution in [1.29, 1.82) is 0 Å². The van der Waals surface area contributed by atoms with E-state index < -0.39 is 0 Å². The highest BCUT2D eigenvalue weighted by Crippen LogP contribution is 2.21. The zero-order valence-corrected chi connectivity index (χ0v) is 10.5. The van der Waals surface area contributed by atoms with Crippen LogP contribution in [0.4, 0.5) is 11.5 Å². The largest absolute Gasteiger partial charge is 0.397 e. The molecule has 0 fully saturated rings. The molecular formula is C10H16BrN3O. The van der Waals surface area contributed by atoms with E-state index >= 15 is 0 Å². The Morgan fingerprint density at radius 1 is 1.60 bits per heavy atom. The molecule has 0 amide bonds. The first-order valence-electron chi connectivity index (χ1n) is 4.83. The monoisotopic (exact) mass is 273 g/mol. The summed E-state index contributed by atoms with van der Waals surface area (Å²) >= 11 is 3.35. The van der Waals surface area contributed by atoms with E-state index in [0.29, 0.717) is 18.1 Å². The third kappa shape index (κ3) is 3.68. The molecule has 0 saturated carbocycles. The highest BCUT2D eigenvalue weighted by atomic mass is 79.9. The van der Waals surface area contributed by atoms with Crippen LogP contribution >= 0.6 is 15.9 Å². The maximum atomic E-state index is 9.60. The van der Waals surface area contributed by atoms with Crippen LogP contribution < -0.4 is 11.1 Å². The zero-order chi connectivity index (χ0) is 11.4. The van der Waals surface area contributed by atoms with Crippen LogP contribution in [0, 0.1) is 5.92 Å². The number of aromatic nitrogens is 1. The van der Waals surface area contributed by atoms with E-state index in [9.17, 15) is 5.11 Å². The molecule has 0 spiro atoms. The number of rotatable bonds is 4. The van der Waals surface area contributed by atoms with Crippen molar-refractivity contribution >= 4 is 27.4 Å². The smallest absolute Gasteiger partial charge is 0.140 e. The number of nitrogens with two attached hydrogens (primary N) is 1. The van der Waals surface area contributed by atoms with Gasteiger partial charge in [-0.05, 0) is 27.9 Å². The van der Waals surface area contributed by atoms with Gasteiger partial charge in [0.05, 0.1) is 22.5 Å². The molecule has 1 aromatic heterocycles. The van der Waals surface area contributed by atoms with Crippen molar-refractivity contribution in [3.63, 3.8) is 0 Å². The van der Waals surface area contributed by atoms with Gasteiger partial charge in [-0.15, -0.1) is 0 Å². The highest BCUT2D eigenvalue weighted by molar-refractivity contribution is 9.10. The Morgan fingerprint density at radius 3 is 2.80 bits per heavy atom. The summed E-state index contributed by atoms with van der Waals surface area (Å²) < 4.78 is 0.804. The second-order valence-corrected chi connectivity index (χ2v) is 4.65. The number of anilines is 2. The molecule has 84 valence electrons. The first-order valence-corrected chi connectivity index (χ1v) is 5.63. The van der Waals surface area contributed by atoms with Gasteiger partial charge in [0.25, 0.3) is 0 Å². The molecule has 15 heavy (non-hydrogen) atoms. The molecule has 1 heterocycles. The van der Waals surface area contributed by atoms with Gasteiger partial charge in [0.15, 0.2) is 0 Å². The number of hydrogen-bond donors (Lipinski definition) is 3. The summed E-state index contributed by atoms with van der Waals surface area (Å²) in [5.74, 6) is 0.925. The number of halogens is 1. The minimum Gasteiger partial charge on any atom is -0.397 e. The Hall–Kier alpha value is -0.810. The number of aliphatic hydroxyl groups is 1. The van der Waals surface area contributed by atoms with Crippen LogP contribution in [0.2, 0.25) is 0 Å². The van der Waals surface area contributed by atoms with Crippen LogP contribution in [0.25, 0.3) is 0 Å². The maximum Gasteiger partial charge on any atom is 0.140 e. The van der Waals surface area contributed by atoms with Crippen LogP contribution in [0.3, 0.4) is 0 Å². The van der Waals surface area contributed by atoms with E-state index in [-0.39, 0.29) is 12.0 Å². The molecule has 0 radical (unpaired) electrons. The van der Waals surface area contributed by atoms with Gasteiger partial charge in [-0.25, -0.2) is 4.98 Å². The molecule has 5 heteroatoms. The summed E-state index contributed by atoms with van der Waals surface area (Å²) in [6, 6.07) is 1.77. The summed E-state index contributed by atoms with van der Waals surface area (Å²) in [5.41, 5.74) is 6.17. The van der Waals surface area contributed by atoms with E-state index in [4.69, 9.17) is 5.73 Å². The van der Waals surface area contributed by atoms with Crippen LogP contribution in [0.5, 0.6) is 0 Å². The molecule has 1 unspecified atom stereocenters. The minimum absolute atomic E-state index is 0.227. The van der Waals surface area contributed by atoms with Crippen molar-refractivity contribution < 1.29 is 5.11 Å². The van der Waals surface area contributed by atoms with Gasteiger partial charge in [0, 0.05) is 6.54 Å². The van der Waals surface area contributed by atoms with Gasteiger partial charge in [-0.3, -0.25) is 0 Å². The van der Waals surface area contributed by atoms with Crippen molar-refractivity contribution in [2.45, 2.75) is 20.0 Å². The Kier molecular flexibility index (Phi) is 4.35. The topological polar surface area (TPSA) is 71.2 Å². The van der Waals surface area contributed by atoms with Crippen LogP contribution in [-0.4, -0.2) is 22.7 Å². The fourth-order valence-electron chi connectivity index (χ4n) is 1.02. The molecule has 4 N–H and O–H groups in total. The lowest BCUT2D eigenvalue weighted by Crippen LogP contribution is -2.25. The number of aliphatic hydroxyl groups excluding tert-OH is 1. The maximum absolute atomic E-state index is 9.60. The summed E-state index contributed by atoms with van der Waals surface area (Å²) in [7, 11) is 0. The average molecular weight is 274 g/mol. The molecule has 0 bridgehead atoms. The molecule has 0 aliphatic heterocycles. The minimum atomic E-state index is -0.378. The highest BCUT2D eigenvalue weighted by Gasteiger charge is 2.09. The van der Waals surface area contributed by atoms with Crippen molar-refractivity contribution in [3.05, 3.63) is 16.7 Å². The van der Waals surface area contributed by atoms with Crippen molar-refractivity contribution in [1.82, 2.24) is 4.98 Å². The SMILES string of the molecule is CC(C)C(O)CNc1ncc(N)cc1Br. The Labute approximate surface area is 98.0 Å². The molecule has 1 atom stereocenters. The van der Waals surface area contributed by atoms with E-state index in [1.807, 2.05) is 13.8 Å². The van der Waals surface area contributed by atoms with Gasteiger partial charge in [0.1, 0.15) is 5.82 Å². The molecule has 4 nitrogen and oxygen atoms in total. The van der Waals surface area contributed by atoms with E-state index in [1.165, 1.54) is 0 Å². The summed E-state index contributed by atoms with van der Waals surface area (Å²) in [6.45, 7) is 4.42. The number of nitrogen functional groups attached to an aromatic ring is 1. The summed E-state index contributed by atoms with van der Waals surface area (Å²) in [6.07, 6.45) is 1.20. The third-order valence-corrected chi connectivity index (χ3v) is 2.72. The predicted octanol–water partition coefficient (Wildman–Crippen LogP) is 1.86. The lowest BCUT2D eigenvalue weighted by Gasteiger charge is -2.16. The van der Waals surface area contributed by atoms with Gasteiger partial charge >= 0.3 is 0 Å². The molecule has 1 aromatic rings. The predicted molar refractivity (Wildman–Crippen MR) is 65.7 cm³/mol. The zero-order valence-electron chi connectivity index (χ0n) is 8.87. The van der Waals surface area contributed by atoms with Gasteiger partial charge < -0.3 is 16.2 Å². The van der Waals surface area contributed by atoms with Crippen molar-refractivity contribution in [2.75, 3.05) is 17.6 Å². The lowest BCUT2D eigenvalue weighted by molar-refractivity contribution is 0.138. The first kappa shape index (κ1) is 12.3. The molecule has 1 rings (SSSR count). The van der Waals surface area contributed by atoms with E-state index in [1.54, 1.807) is 12.3 Å². The third-order valence-electron chi connectivity index (χ3n) is 2.11. The fraction of sp³-hybridized carbons (Fsp3) is 0.500. The summed E-state index contributed by atoms with van der Waals surface area (Å²) in [4.78, 5) is 4.12. The summed E-state index contributed by atoms with van der Waals surface area (Å²) in [5, 5.41) is 12.7. The molecule has 0 aliphatic rings. The second-order valence-electron chi connectivity index (χ2n) is 3.79. The normalized spacial score (nSPS) is 12.9. The molecule has 0 aromatic carbocycles. The number of hydrogen-bond acceptors (Lipinski definition) is 4. The Morgan fingerprint density at radius 2 is 2.27 bits per heavy atom. The molecule has 0 aliphatic carbocycles. The first-order chi connectivity index (χ1) is 7.00. The van der Waals surface area contributed by atoms with Crippen molar-refractivity contribution in [2.24, 2.45) is 5.92 Å². The Bertz CT molecular complexity index is 330. The van der Waals surface area contributed by atoms with Crippen molar-refractivity contribution in [3.8, 4) is 0 Å². The second kappa shape index (κ2) is 5.32. The van der Waals surface area contributed by atoms with Gasteiger partial charge in [0.2, 0.25) is 0 Å². The Balaban J connectivity index is 2.58. The molecule has 0 saturated heterocycles. The van der Waals surface area contributed by atoms with E-state index in [0.717, 1.165) is 4.47 Å². The average Bonchev–Trinajstić information content (AvgIpc) is 2.15. The van der Waals surface area contributed by atoms with Crippen LogP contribution in [-0.2, 0) is 0 Å². The number of nitrogens with one attached hydrogen (secondary N) is 1. The van der Waals surface area contributed by atoms with Crippen LogP contribution in [0.15, 0.2) is 16.7 Å². The standard InChI is InChI=1S/C10H16BrN3O/c1-6(2)9(15)5-14-10-8(11)3-7(12)4-13-10/h3-4,6,9,15H,5,12H2,1-2H3,(H,13,14).